The van der Waals surface area contributed by atoms with Gasteiger partial charge in [-0.25, -0.2) is 0 Å². The molecular weight excluding hydrogens is 312 g/mol. The average molecular weight is 336 g/mol. The summed E-state index contributed by atoms with van der Waals surface area (Å²) in [6, 6.07) is 5.26. The Kier molecular flexibility index (Phi) is 6.43. The minimum absolute atomic E-state index is 0.0985. The zero-order chi connectivity index (χ0) is 17.5. The molecule has 0 bridgehead atoms. The Morgan fingerprint density at radius 1 is 1.29 bits per heavy atom. The standard InChI is InChI=1S/C17H24N2O5/c1-22-8-4-7-18-17(21)12-9-16(20)19(11-12)14-10-13(23-2)5-6-15(14)24-3/h5-6,10,12H,4,7-9,11H2,1-3H3,(H,18,21). The quantitative estimate of drug-likeness (QED) is 0.722. The first kappa shape index (κ1) is 18.1. The molecule has 0 saturated carbocycles. The second kappa shape index (κ2) is 8.54. The van der Waals surface area contributed by atoms with Gasteiger partial charge in [0.2, 0.25) is 11.8 Å². The van der Waals surface area contributed by atoms with E-state index in [0.717, 1.165) is 6.42 Å². The van der Waals surface area contributed by atoms with Crippen LogP contribution < -0.4 is 19.7 Å². The molecule has 1 aliphatic heterocycles. The molecule has 1 aromatic rings. The number of rotatable bonds is 8. The van der Waals surface area contributed by atoms with Gasteiger partial charge in [0.25, 0.3) is 0 Å². The number of methoxy groups -OCH3 is 3. The Hall–Kier alpha value is -2.28. The van der Waals surface area contributed by atoms with Crippen LogP contribution in [0.1, 0.15) is 12.8 Å². The van der Waals surface area contributed by atoms with Crippen LogP contribution in [0.5, 0.6) is 11.5 Å². The Morgan fingerprint density at radius 2 is 2.08 bits per heavy atom. The Labute approximate surface area is 141 Å². The Bertz CT molecular complexity index is 590. The molecule has 7 nitrogen and oxygen atoms in total. The van der Waals surface area contributed by atoms with Crippen LogP contribution >= 0.6 is 0 Å². The Balaban J connectivity index is 2.05. The highest BCUT2D eigenvalue weighted by molar-refractivity contribution is 6.01. The van der Waals surface area contributed by atoms with Gasteiger partial charge in [0.05, 0.1) is 25.8 Å². The maximum Gasteiger partial charge on any atom is 0.227 e. The first-order valence-electron chi connectivity index (χ1n) is 7.89. The molecule has 1 atom stereocenters. The number of nitrogens with one attached hydrogen (secondary N) is 1. The van der Waals surface area contributed by atoms with Gasteiger partial charge in [-0.3, -0.25) is 9.59 Å². The number of amides is 2. The molecule has 2 amide bonds. The van der Waals surface area contributed by atoms with E-state index in [1.54, 1.807) is 44.4 Å². The maximum absolute atomic E-state index is 12.4. The lowest BCUT2D eigenvalue weighted by molar-refractivity contribution is -0.126. The number of carbonyl (C=O) groups excluding carboxylic acids is 2. The lowest BCUT2D eigenvalue weighted by atomic mass is 10.1. The summed E-state index contributed by atoms with van der Waals surface area (Å²) < 4.78 is 15.5. The smallest absolute Gasteiger partial charge is 0.227 e. The number of hydrogen-bond donors (Lipinski definition) is 1. The van der Waals surface area contributed by atoms with E-state index in [1.807, 2.05) is 0 Å². The minimum atomic E-state index is -0.365. The first-order valence-corrected chi connectivity index (χ1v) is 7.89. The molecular formula is C17H24N2O5. The van der Waals surface area contributed by atoms with Crippen LogP contribution in [0.4, 0.5) is 5.69 Å². The molecule has 1 heterocycles. The van der Waals surface area contributed by atoms with Gasteiger partial charge in [-0.2, -0.15) is 0 Å². The predicted octanol–water partition coefficient (Wildman–Crippen LogP) is 1.21. The summed E-state index contributed by atoms with van der Waals surface area (Å²) in [4.78, 5) is 26.2. The molecule has 2 rings (SSSR count). The van der Waals surface area contributed by atoms with Gasteiger partial charge >= 0.3 is 0 Å². The van der Waals surface area contributed by atoms with Crippen molar-refractivity contribution in [1.82, 2.24) is 5.32 Å². The van der Waals surface area contributed by atoms with Gasteiger partial charge in [0.1, 0.15) is 11.5 Å². The molecule has 132 valence electrons. The summed E-state index contributed by atoms with van der Waals surface area (Å²) in [5, 5.41) is 2.85. The van der Waals surface area contributed by atoms with Crippen molar-refractivity contribution >= 4 is 17.5 Å². The number of benzene rings is 1. The summed E-state index contributed by atoms with van der Waals surface area (Å²) in [5.74, 6) is 0.634. The van der Waals surface area contributed by atoms with Crippen molar-refractivity contribution < 1.29 is 23.8 Å². The number of nitrogens with zero attached hydrogens (tertiary/aromatic N) is 1. The monoisotopic (exact) mass is 336 g/mol. The van der Waals surface area contributed by atoms with E-state index >= 15 is 0 Å². The van der Waals surface area contributed by atoms with E-state index in [2.05, 4.69) is 5.32 Å². The molecule has 1 saturated heterocycles. The van der Waals surface area contributed by atoms with E-state index < -0.39 is 0 Å². The predicted molar refractivity (Wildman–Crippen MR) is 89.5 cm³/mol. The highest BCUT2D eigenvalue weighted by Crippen LogP contribution is 2.35. The fourth-order valence-corrected chi connectivity index (χ4v) is 2.70. The molecule has 0 radical (unpaired) electrons. The lowest BCUT2D eigenvalue weighted by Crippen LogP contribution is -2.33. The van der Waals surface area contributed by atoms with Crippen molar-refractivity contribution in [2.45, 2.75) is 12.8 Å². The van der Waals surface area contributed by atoms with Gasteiger partial charge in [0, 0.05) is 39.3 Å². The van der Waals surface area contributed by atoms with Gasteiger partial charge in [0.15, 0.2) is 0 Å². The van der Waals surface area contributed by atoms with Crippen LogP contribution in [-0.2, 0) is 14.3 Å². The molecule has 1 aliphatic rings. The van der Waals surface area contributed by atoms with Gasteiger partial charge in [-0.1, -0.05) is 0 Å². The first-order chi connectivity index (χ1) is 11.6. The average Bonchev–Trinajstić information content (AvgIpc) is 2.99. The fraction of sp³-hybridized carbons (Fsp3) is 0.529. The molecule has 0 spiro atoms. The molecule has 7 heteroatoms. The molecule has 24 heavy (non-hydrogen) atoms. The third-order valence-corrected chi connectivity index (χ3v) is 4.00. The van der Waals surface area contributed by atoms with E-state index in [-0.39, 0.29) is 24.2 Å². The number of anilines is 1. The fourth-order valence-electron chi connectivity index (χ4n) is 2.70. The van der Waals surface area contributed by atoms with Crippen LogP contribution in [0.3, 0.4) is 0 Å². The van der Waals surface area contributed by atoms with Crippen molar-refractivity contribution in [3.63, 3.8) is 0 Å². The molecule has 1 unspecified atom stereocenters. The zero-order valence-electron chi connectivity index (χ0n) is 14.3. The summed E-state index contributed by atoms with van der Waals surface area (Å²) >= 11 is 0. The van der Waals surface area contributed by atoms with Crippen LogP contribution in [-0.4, -0.2) is 52.8 Å². The van der Waals surface area contributed by atoms with E-state index in [0.29, 0.717) is 36.9 Å². The molecule has 0 aliphatic carbocycles. The second-order valence-electron chi connectivity index (χ2n) is 5.58. The van der Waals surface area contributed by atoms with E-state index in [1.165, 1.54) is 0 Å². The normalized spacial score (nSPS) is 17.0. The Morgan fingerprint density at radius 3 is 2.75 bits per heavy atom. The minimum Gasteiger partial charge on any atom is -0.497 e. The van der Waals surface area contributed by atoms with Crippen molar-refractivity contribution in [3.05, 3.63) is 18.2 Å². The largest absolute Gasteiger partial charge is 0.497 e. The van der Waals surface area contributed by atoms with Crippen molar-refractivity contribution in [2.75, 3.05) is 45.9 Å². The third-order valence-electron chi connectivity index (χ3n) is 4.00. The summed E-state index contributed by atoms with van der Waals surface area (Å²) in [6.07, 6.45) is 0.937. The highest BCUT2D eigenvalue weighted by Gasteiger charge is 2.36. The maximum atomic E-state index is 12.4. The van der Waals surface area contributed by atoms with Crippen molar-refractivity contribution in [3.8, 4) is 11.5 Å². The molecule has 1 fully saturated rings. The summed E-state index contributed by atoms with van der Waals surface area (Å²) in [7, 11) is 4.73. The SMILES string of the molecule is COCCCNC(=O)C1CC(=O)N(c2cc(OC)ccc2OC)C1. The lowest BCUT2D eigenvalue weighted by Gasteiger charge is -2.20. The number of hydrogen-bond acceptors (Lipinski definition) is 5. The van der Waals surface area contributed by atoms with Crippen molar-refractivity contribution in [1.29, 1.82) is 0 Å². The summed E-state index contributed by atoms with van der Waals surface area (Å²) in [5.41, 5.74) is 0.622. The summed E-state index contributed by atoms with van der Waals surface area (Å²) in [6.45, 7) is 1.47. The molecule has 1 N–H and O–H groups in total. The van der Waals surface area contributed by atoms with Crippen LogP contribution in [0, 0.1) is 5.92 Å². The number of carbonyl (C=O) groups is 2. The molecule has 1 aromatic carbocycles. The number of ether oxygens (including phenoxy) is 3. The third kappa shape index (κ3) is 4.17. The van der Waals surface area contributed by atoms with E-state index in [4.69, 9.17) is 14.2 Å². The topological polar surface area (TPSA) is 77.1 Å². The van der Waals surface area contributed by atoms with Gasteiger partial charge in [-0.15, -0.1) is 0 Å². The van der Waals surface area contributed by atoms with Gasteiger partial charge in [-0.05, 0) is 18.6 Å². The second-order valence-corrected chi connectivity index (χ2v) is 5.58. The van der Waals surface area contributed by atoms with Crippen molar-refractivity contribution in [2.24, 2.45) is 5.92 Å². The van der Waals surface area contributed by atoms with Crippen LogP contribution in [0.15, 0.2) is 18.2 Å². The zero-order valence-corrected chi connectivity index (χ0v) is 14.3. The van der Waals surface area contributed by atoms with Gasteiger partial charge < -0.3 is 24.4 Å². The van der Waals surface area contributed by atoms with Crippen LogP contribution in [0.2, 0.25) is 0 Å². The molecule has 0 aromatic heterocycles. The van der Waals surface area contributed by atoms with Crippen LogP contribution in [0.25, 0.3) is 0 Å². The highest BCUT2D eigenvalue weighted by atomic mass is 16.5. The van der Waals surface area contributed by atoms with E-state index in [9.17, 15) is 9.59 Å².